The summed E-state index contributed by atoms with van der Waals surface area (Å²) < 4.78 is 10.3. The van der Waals surface area contributed by atoms with E-state index in [0.29, 0.717) is 12.4 Å². The molecule has 0 aliphatic carbocycles. The summed E-state index contributed by atoms with van der Waals surface area (Å²) in [5, 5.41) is 18.1. The lowest BCUT2D eigenvalue weighted by molar-refractivity contribution is 0.0691. The Morgan fingerprint density at radius 1 is 1.50 bits per heavy atom. The molecule has 5 nitrogen and oxygen atoms in total. The minimum absolute atomic E-state index is 0.179. The van der Waals surface area contributed by atoms with Crippen LogP contribution >= 0.6 is 0 Å². The molecule has 1 unspecified atom stereocenters. The van der Waals surface area contributed by atoms with Gasteiger partial charge in [-0.15, -0.1) is 0 Å². The molecule has 0 bridgehead atoms. The molecule has 0 aliphatic rings. The molecule has 0 aliphatic heterocycles. The van der Waals surface area contributed by atoms with Crippen LogP contribution in [0.25, 0.3) is 0 Å². The van der Waals surface area contributed by atoms with E-state index >= 15 is 0 Å². The van der Waals surface area contributed by atoms with Gasteiger partial charge in [0.15, 0.2) is 0 Å². The summed E-state index contributed by atoms with van der Waals surface area (Å²) in [6.07, 6.45) is -0.184. The second-order valence-corrected chi connectivity index (χ2v) is 3.37. The van der Waals surface area contributed by atoms with E-state index in [0.717, 1.165) is 0 Å². The number of aromatic carboxylic acids is 1. The largest absolute Gasteiger partial charge is 0.507 e. The molecular formula is C11H14O5. The number of hydrogen-bond donors (Lipinski definition) is 2. The van der Waals surface area contributed by atoms with Crippen molar-refractivity contribution in [2.45, 2.75) is 13.0 Å². The van der Waals surface area contributed by atoms with Crippen molar-refractivity contribution < 1.29 is 24.5 Å². The number of hydrogen-bond acceptors (Lipinski definition) is 4. The van der Waals surface area contributed by atoms with E-state index in [4.69, 9.17) is 14.6 Å². The van der Waals surface area contributed by atoms with Gasteiger partial charge in [0.25, 0.3) is 0 Å². The first-order valence-corrected chi connectivity index (χ1v) is 4.76. The van der Waals surface area contributed by atoms with E-state index in [1.165, 1.54) is 18.2 Å². The first kappa shape index (κ1) is 12.3. The lowest BCUT2D eigenvalue weighted by Gasteiger charge is -2.14. The number of rotatable bonds is 5. The lowest BCUT2D eigenvalue weighted by Crippen LogP contribution is -2.18. The highest BCUT2D eigenvalue weighted by molar-refractivity contribution is 5.91. The monoisotopic (exact) mass is 226 g/mol. The summed E-state index contributed by atoms with van der Waals surface area (Å²) in [5.41, 5.74) is -0.179. The van der Waals surface area contributed by atoms with Crippen LogP contribution < -0.4 is 4.74 Å². The topological polar surface area (TPSA) is 76.0 Å². The SMILES string of the molecule is COCC(C)Oc1ccc(O)c(C(=O)O)c1. The summed E-state index contributed by atoms with van der Waals surface area (Å²) in [6, 6.07) is 4.08. The third kappa shape index (κ3) is 3.13. The fourth-order valence-electron chi connectivity index (χ4n) is 1.26. The van der Waals surface area contributed by atoms with Gasteiger partial charge < -0.3 is 19.7 Å². The van der Waals surface area contributed by atoms with Crippen LogP contribution in [0.4, 0.5) is 0 Å². The molecule has 88 valence electrons. The zero-order valence-corrected chi connectivity index (χ0v) is 9.14. The number of ether oxygens (including phenoxy) is 2. The maximum Gasteiger partial charge on any atom is 0.339 e. The molecule has 0 saturated carbocycles. The van der Waals surface area contributed by atoms with Crippen LogP contribution in [0.2, 0.25) is 0 Å². The smallest absolute Gasteiger partial charge is 0.339 e. The molecule has 0 radical (unpaired) electrons. The van der Waals surface area contributed by atoms with Crippen LogP contribution in [-0.4, -0.2) is 36.0 Å². The van der Waals surface area contributed by atoms with Gasteiger partial charge in [-0.2, -0.15) is 0 Å². The van der Waals surface area contributed by atoms with Crippen molar-refractivity contribution in [3.8, 4) is 11.5 Å². The highest BCUT2D eigenvalue weighted by Gasteiger charge is 2.12. The fraction of sp³-hybridized carbons (Fsp3) is 0.364. The highest BCUT2D eigenvalue weighted by atomic mass is 16.5. The summed E-state index contributed by atoms with van der Waals surface area (Å²) in [7, 11) is 1.55. The fourth-order valence-corrected chi connectivity index (χ4v) is 1.26. The molecule has 5 heteroatoms. The minimum Gasteiger partial charge on any atom is -0.507 e. The van der Waals surface area contributed by atoms with Gasteiger partial charge in [0.05, 0.1) is 6.61 Å². The number of aromatic hydroxyl groups is 1. The van der Waals surface area contributed by atoms with Crippen LogP contribution in [0.5, 0.6) is 11.5 Å². The van der Waals surface area contributed by atoms with E-state index < -0.39 is 5.97 Å². The number of benzene rings is 1. The van der Waals surface area contributed by atoms with Crippen LogP contribution in [0.3, 0.4) is 0 Å². The molecule has 1 atom stereocenters. The van der Waals surface area contributed by atoms with Crippen molar-refractivity contribution in [3.05, 3.63) is 23.8 Å². The Labute approximate surface area is 93.2 Å². The zero-order chi connectivity index (χ0) is 12.1. The Morgan fingerprint density at radius 2 is 2.19 bits per heavy atom. The molecule has 1 rings (SSSR count). The molecule has 0 heterocycles. The van der Waals surface area contributed by atoms with Crippen LogP contribution in [0, 0.1) is 0 Å². The lowest BCUT2D eigenvalue weighted by atomic mass is 10.2. The van der Waals surface area contributed by atoms with E-state index in [-0.39, 0.29) is 17.4 Å². The van der Waals surface area contributed by atoms with Crippen molar-refractivity contribution >= 4 is 5.97 Å². The van der Waals surface area contributed by atoms with Crippen molar-refractivity contribution in [2.75, 3.05) is 13.7 Å². The normalized spacial score (nSPS) is 12.1. The van der Waals surface area contributed by atoms with Crippen molar-refractivity contribution in [3.63, 3.8) is 0 Å². The Kier molecular flexibility index (Phi) is 4.13. The van der Waals surface area contributed by atoms with Crippen molar-refractivity contribution in [1.82, 2.24) is 0 Å². The van der Waals surface area contributed by atoms with Gasteiger partial charge in [0, 0.05) is 7.11 Å². The first-order valence-electron chi connectivity index (χ1n) is 4.76. The Balaban J connectivity index is 2.82. The zero-order valence-electron chi connectivity index (χ0n) is 9.14. The molecule has 0 amide bonds. The van der Waals surface area contributed by atoms with E-state index in [9.17, 15) is 9.90 Å². The first-order chi connectivity index (χ1) is 7.54. The summed E-state index contributed by atoms with van der Waals surface area (Å²) >= 11 is 0. The van der Waals surface area contributed by atoms with Crippen LogP contribution in [0.15, 0.2) is 18.2 Å². The third-order valence-corrected chi connectivity index (χ3v) is 1.94. The second-order valence-electron chi connectivity index (χ2n) is 3.37. The molecular weight excluding hydrogens is 212 g/mol. The van der Waals surface area contributed by atoms with Gasteiger partial charge in [0.2, 0.25) is 0 Å². The Hall–Kier alpha value is -1.75. The maximum absolute atomic E-state index is 10.7. The molecule has 0 aromatic heterocycles. The van der Waals surface area contributed by atoms with Gasteiger partial charge >= 0.3 is 5.97 Å². The van der Waals surface area contributed by atoms with E-state index in [1.54, 1.807) is 14.0 Å². The van der Waals surface area contributed by atoms with Crippen molar-refractivity contribution in [2.24, 2.45) is 0 Å². The molecule has 1 aromatic rings. The van der Waals surface area contributed by atoms with Gasteiger partial charge in [-0.25, -0.2) is 4.79 Å². The summed E-state index contributed by atoms with van der Waals surface area (Å²) in [5.74, 6) is -1.08. The molecule has 0 spiro atoms. The Bertz CT molecular complexity index is 375. The van der Waals surface area contributed by atoms with Crippen molar-refractivity contribution in [1.29, 1.82) is 0 Å². The predicted molar refractivity (Wildman–Crippen MR) is 57.0 cm³/mol. The number of carboxylic acids is 1. The number of phenols is 1. The van der Waals surface area contributed by atoms with E-state index in [2.05, 4.69) is 0 Å². The Morgan fingerprint density at radius 3 is 2.75 bits per heavy atom. The third-order valence-electron chi connectivity index (χ3n) is 1.94. The standard InChI is InChI=1S/C11H14O5/c1-7(6-15-2)16-8-3-4-10(12)9(5-8)11(13)14/h3-5,7,12H,6H2,1-2H3,(H,13,14). The number of methoxy groups -OCH3 is 1. The van der Waals surface area contributed by atoms with Gasteiger partial charge in [0.1, 0.15) is 23.2 Å². The number of carboxylic acid groups (broad SMARTS) is 1. The predicted octanol–water partition coefficient (Wildman–Crippen LogP) is 1.50. The van der Waals surface area contributed by atoms with Crippen LogP contribution in [-0.2, 0) is 4.74 Å². The minimum atomic E-state index is -1.19. The molecule has 0 fully saturated rings. The van der Waals surface area contributed by atoms with Gasteiger partial charge in [-0.05, 0) is 25.1 Å². The maximum atomic E-state index is 10.7. The van der Waals surface area contributed by atoms with Crippen LogP contribution in [0.1, 0.15) is 17.3 Å². The quantitative estimate of drug-likeness (QED) is 0.795. The summed E-state index contributed by atoms with van der Waals surface area (Å²) in [4.78, 5) is 10.7. The average molecular weight is 226 g/mol. The molecule has 2 N–H and O–H groups in total. The number of carbonyl (C=O) groups is 1. The average Bonchev–Trinajstić information content (AvgIpc) is 2.21. The molecule has 1 aromatic carbocycles. The van der Waals surface area contributed by atoms with Gasteiger partial charge in [-0.3, -0.25) is 0 Å². The molecule has 0 saturated heterocycles. The second kappa shape index (κ2) is 5.37. The summed E-state index contributed by atoms with van der Waals surface area (Å²) in [6.45, 7) is 2.21. The highest BCUT2D eigenvalue weighted by Crippen LogP contribution is 2.23. The van der Waals surface area contributed by atoms with E-state index in [1.807, 2.05) is 0 Å². The van der Waals surface area contributed by atoms with Gasteiger partial charge in [-0.1, -0.05) is 0 Å². The molecule has 16 heavy (non-hydrogen) atoms.